The first kappa shape index (κ1) is 26.4. The molecule has 1 aliphatic heterocycles. The Morgan fingerprint density at radius 2 is 1.82 bits per heavy atom. The lowest BCUT2D eigenvalue weighted by atomic mass is 9.52. The molecule has 1 amide bonds. The van der Waals surface area contributed by atoms with Gasteiger partial charge in [-0.25, -0.2) is 8.51 Å². The lowest BCUT2D eigenvalue weighted by Crippen LogP contribution is -2.66. The van der Waals surface area contributed by atoms with E-state index in [-0.39, 0.29) is 30.4 Å². The van der Waals surface area contributed by atoms with E-state index in [0.717, 1.165) is 55.7 Å². The monoisotopic (exact) mass is 538 g/mol. The molecular formula is C31H42N2O4S. The molecule has 6 nitrogen and oxygen atoms in total. The number of aliphatic hydroxyl groups excluding tert-OH is 1. The summed E-state index contributed by atoms with van der Waals surface area (Å²) in [6.45, 7) is 4.60. The van der Waals surface area contributed by atoms with Gasteiger partial charge in [-0.3, -0.25) is 4.79 Å². The molecule has 4 aliphatic carbocycles. The minimum Gasteiger partial charge on any atom is -0.394 e. The first-order valence-electron chi connectivity index (χ1n) is 14.6. The number of amides is 1. The van der Waals surface area contributed by atoms with Crippen molar-refractivity contribution in [2.24, 2.45) is 23.7 Å². The molecule has 4 saturated carbocycles. The zero-order chi connectivity index (χ0) is 26.7. The van der Waals surface area contributed by atoms with E-state index in [0.29, 0.717) is 36.1 Å². The molecule has 3 N–H and O–H groups in total. The van der Waals surface area contributed by atoms with Crippen molar-refractivity contribution < 1.29 is 19.2 Å². The topological polar surface area (TPSA) is 89.9 Å². The first-order valence-corrected chi connectivity index (χ1v) is 15.7. The van der Waals surface area contributed by atoms with Crippen LogP contribution < -0.4 is 5.32 Å². The smallest absolute Gasteiger partial charge is 0.244 e. The fourth-order valence-corrected chi connectivity index (χ4v) is 9.98. The van der Waals surface area contributed by atoms with E-state index in [4.69, 9.17) is 0 Å². The van der Waals surface area contributed by atoms with Gasteiger partial charge in [0.2, 0.25) is 5.91 Å². The minimum atomic E-state index is -1.59. The molecule has 1 heterocycles. The number of carbonyl (C=O) groups excluding carboxylic acids is 1. The largest absolute Gasteiger partial charge is 0.394 e. The fourth-order valence-electron chi connectivity index (χ4n) is 8.33. The highest BCUT2D eigenvalue weighted by Crippen LogP contribution is 2.55. The Hall–Kier alpha value is -1.80. The molecule has 7 rings (SSSR count). The summed E-state index contributed by atoms with van der Waals surface area (Å²) in [4.78, 5) is 14.7. The van der Waals surface area contributed by atoms with Gasteiger partial charge >= 0.3 is 0 Å². The Kier molecular flexibility index (Phi) is 6.95. The van der Waals surface area contributed by atoms with Crippen molar-refractivity contribution in [3.8, 4) is 0 Å². The lowest BCUT2D eigenvalue weighted by Gasteiger charge is -2.58. The molecule has 0 radical (unpaired) electrons. The summed E-state index contributed by atoms with van der Waals surface area (Å²) in [5, 5.41) is 27.1. The van der Waals surface area contributed by atoms with Gasteiger partial charge < -0.3 is 15.5 Å². The van der Waals surface area contributed by atoms with E-state index in [9.17, 15) is 19.2 Å². The highest BCUT2D eigenvalue weighted by molar-refractivity contribution is 7.83. The molecule has 5 fully saturated rings. The summed E-state index contributed by atoms with van der Waals surface area (Å²) in [6, 6.07) is 12.2. The number of rotatable bonds is 8. The fraction of sp³-hybridized carbons (Fsp3) is 0.645. The molecule has 206 valence electrons. The number of aliphatic hydroxyl groups is 2. The third kappa shape index (κ3) is 4.43. The Morgan fingerprint density at radius 1 is 1.11 bits per heavy atom. The van der Waals surface area contributed by atoms with Crippen LogP contribution in [0.5, 0.6) is 0 Å². The Balaban J connectivity index is 1.27. The predicted octanol–water partition coefficient (Wildman–Crippen LogP) is 4.33. The molecule has 0 spiro atoms. The third-order valence-electron chi connectivity index (χ3n) is 10.0. The van der Waals surface area contributed by atoms with E-state index in [2.05, 4.69) is 31.3 Å². The number of aryl methyl sites for hydroxylation is 1. The van der Waals surface area contributed by atoms with Crippen LogP contribution in [0.4, 0.5) is 0 Å². The molecule has 0 aromatic heterocycles. The normalized spacial score (nSPS) is 35.3. The molecule has 38 heavy (non-hydrogen) atoms. The summed E-state index contributed by atoms with van der Waals surface area (Å²) in [5.41, 5.74) is -0.505. The zero-order valence-electron chi connectivity index (χ0n) is 22.7. The van der Waals surface area contributed by atoms with Gasteiger partial charge in [0, 0.05) is 12.6 Å². The highest BCUT2D eigenvalue weighted by Gasteiger charge is 2.57. The van der Waals surface area contributed by atoms with Gasteiger partial charge in [0.05, 0.1) is 17.1 Å². The van der Waals surface area contributed by atoms with Crippen LogP contribution in [-0.2, 0) is 22.2 Å². The maximum absolute atomic E-state index is 14.2. The SMILES string of the molecule is CC(C)CCc1cccc2c(S(=O)N3CCCC3(CO)C(=O)NC3C4CC5CC3CC(O)(C5)C4)cccc12. The molecule has 4 unspecified atom stereocenters. The van der Waals surface area contributed by atoms with Crippen LogP contribution in [0.25, 0.3) is 10.8 Å². The van der Waals surface area contributed by atoms with Crippen LogP contribution in [0.2, 0.25) is 0 Å². The summed E-state index contributed by atoms with van der Waals surface area (Å²) in [5.74, 6) is 1.54. The molecule has 7 heteroatoms. The molecule has 2 aromatic rings. The Morgan fingerprint density at radius 3 is 2.50 bits per heavy atom. The van der Waals surface area contributed by atoms with E-state index < -0.39 is 22.1 Å². The van der Waals surface area contributed by atoms with Crippen molar-refractivity contribution in [1.29, 1.82) is 0 Å². The van der Waals surface area contributed by atoms with Crippen molar-refractivity contribution >= 4 is 27.7 Å². The second-order valence-corrected chi connectivity index (χ2v) is 14.4. The predicted molar refractivity (Wildman–Crippen MR) is 150 cm³/mol. The minimum absolute atomic E-state index is 0.0275. The Bertz CT molecular complexity index is 1230. The van der Waals surface area contributed by atoms with Crippen LogP contribution in [0, 0.1) is 23.7 Å². The van der Waals surface area contributed by atoms with Crippen molar-refractivity contribution in [3.63, 3.8) is 0 Å². The second-order valence-electron chi connectivity index (χ2n) is 13.0. The van der Waals surface area contributed by atoms with Gasteiger partial charge in [-0.15, -0.1) is 0 Å². The molecular weight excluding hydrogens is 496 g/mol. The number of nitrogens with one attached hydrogen (secondary N) is 1. The van der Waals surface area contributed by atoms with Gasteiger partial charge in [-0.05, 0) is 104 Å². The van der Waals surface area contributed by atoms with Gasteiger partial charge in [0.25, 0.3) is 0 Å². The van der Waals surface area contributed by atoms with Crippen LogP contribution in [0.1, 0.15) is 70.8 Å². The number of carbonyl (C=O) groups is 1. The molecule has 2 aromatic carbocycles. The standard InChI is InChI=1S/C31H42N2O4S/c1-20(2)10-11-22-6-3-8-26-25(22)7-4-9-27(26)38(37)33-13-5-12-31(33,19-34)29(35)32-28-23-14-21-15-24(28)18-30(36,16-21)17-23/h3-4,6-9,20-21,23-24,28,34,36H,5,10-19H2,1-2H3,(H,32,35). The van der Waals surface area contributed by atoms with E-state index in [1.807, 2.05) is 24.3 Å². The number of hydrogen-bond acceptors (Lipinski definition) is 4. The second kappa shape index (κ2) is 9.99. The molecule has 4 bridgehead atoms. The quantitative estimate of drug-likeness (QED) is 0.467. The first-order chi connectivity index (χ1) is 18.2. The van der Waals surface area contributed by atoms with Crippen LogP contribution >= 0.6 is 0 Å². The van der Waals surface area contributed by atoms with Crippen LogP contribution in [0.3, 0.4) is 0 Å². The van der Waals surface area contributed by atoms with Crippen LogP contribution in [0.15, 0.2) is 41.3 Å². The van der Waals surface area contributed by atoms with E-state index >= 15 is 0 Å². The van der Waals surface area contributed by atoms with Gasteiger partial charge in [-0.2, -0.15) is 0 Å². The summed E-state index contributed by atoms with van der Waals surface area (Å²) >= 11 is 0. The number of benzene rings is 2. The molecule has 5 aliphatic rings. The molecule has 1 saturated heterocycles. The van der Waals surface area contributed by atoms with Gasteiger partial charge in [0.15, 0.2) is 0 Å². The number of nitrogens with zero attached hydrogens (tertiary/aromatic N) is 1. The van der Waals surface area contributed by atoms with Gasteiger partial charge in [-0.1, -0.05) is 44.2 Å². The number of fused-ring (bicyclic) bond motifs is 1. The van der Waals surface area contributed by atoms with E-state index in [1.165, 1.54) is 5.56 Å². The maximum Gasteiger partial charge on any atom is 0.244 e. The van der Waals surface area contributed by atoms with Gasteiger partial charge in [0.1, 0.15) is 16.5 Å². The Labute approximate surface area is 228 Å². The zero-order valence-corrected chi connectivity index (χ0v) is 23.5. The maximum atomic E-state index is 14.2. The summed E-state index contributed by atoms with van der Waals surface area (Å²) < 4.78 is 16.0. The third-order valence-corrected chi connectivity index (χ3v) is 11.7. The van der Waals surface area contributed by atoms with Crippen molar-refractivity contribution in [1.82, 2.24) is 9.62 Å². The van der Waals surface area contributed by atoms with Crippen LogP contribution in [-0.4, -0.2) is 55.0 Å². The number of hydrogen-bond donors (Lipinski definition) is 3. The summed E-state index contributed by atoms with van der Waals surface area (Å²) in [7, 11) is -1.59. The highest BCUT2D eigenvalue weighted by atomic mass is 32.2. The van der Waals surface area contributed by atoms with Crippen molar-refractivity contribution in [2.45, 2.75) is 93.7 Å². The van der Waals surface area contributed by atoms with E-state index in [1.54, 1.807) is 4.31 Å². The average molecular weight is 539 g/mol. The average Bonchev–Trinajstić information content (AvgIpc) is 3.33. The lowest BCUT2D eigenvalue weighted by molar-refractivity contribution is -0.151. The summed E-state index contributed by atoms with van der Waals surface area (Å²) in [6.07, 6.45) is 7.78. The van der Waals surface area contributed by atoms with Crippen molar-refractivity contribution in [3.05, 3.63) is 42.0 Å². The molecule has 4 atom stereocenters. The van der Waals surface area contributed by atoms with Crippen molar-refractivity contribution in [2.75, 3.05) is 13.2 Å².